The highest BCUT2D eigenvalue weighted by atomic mass is 32.2. The van der Waals surface area contributed by atoms with E-state index in [1.165, 1.54) is 25.2 Å². The summed E-state index contributed by atoms with van der Waals surface area (Å²) in [5, 5.41) is 19.1. The molecule has 0 saturated carbocycles. The molecule has 0 fully saturated rings. The molecule has 8 nitrogen and oxygen atoms in total. The molecule has 0 atom stereocenters. The van der Waals surface area contributed by atoms with Gasteiger partial charge in [-0.25, -0.2) is 12.7 Å². The smallest absolute Gasteiger partial charge is 0.304 e. The number of benzene rings is 1. The van der Waals surface area contributed by atoms with Gasteiger partial charge in [0.05, 0.1) is 17.1 Å². The Morgan fingerprint density at radius 3 is 2.65 bits per heavy atom. The van der Waals surface area contributed by atoms with E-state index in [1.807, 2.05) is 0 Å². The van der Waals surface area contributed by atoms with E-state index in [4.69, 9.17) is 5.11 Å². The lowest BCUT2D eigenvalue weighted by atomic mass is 10.2. The van der Waals surface area contributed by atoms with Crippen LogP contribution in [0.3, 0.4) is 0 Å². The summed E-state index contributed by atoms with van der Waals surface area (Å²) in [6.45, 7) is -0.0520. The van der Waals surface area contributed by atoms with Gasteiger partial charge in [0, 0.05) is 25.7 Å². The molecule has 0 bridgehead atoms. The zero-order valence-corrected chi connectivity index (χ0v) is 11.5. The summed E-state index contributed by atoms with van der Waals surface area (Å²) >= 11 is 0. The highest BCUT2D eigenvalue weighted by molar-refractivity contribution is 7.89. The second-order valence-corrected chi connectivity index (χ2v) is 6.34. The third-order valence-corrected chi connectivity index (χ3v) is 4.37. The van der Waals surface area contributed by atoms with Gasteiger partial charge < -0.3 is 5.11 Å². The first-order valence-corrected chi connectivity index (χ1v) is 7.22. The first kappa shape index (κ1) is 16.1. The molecule has 0 heterocycles. The summed E-state index contributed by atoms with van der Waals surface area (Å²) in [6, 6.07) is 5.62. The molecule has 9 heteroatoms. The zero-order chi connectivity index (χ0) is 15.3. The van der Waals surface area contributed by atoms with Gasteiger partial charge in [0.1, 0.15) is 0 Å². The molecule has 0 aliphatic rings. The highest BCUT2D eigenvalue weighted by Gasteiger charge is 2.20. The van der Waals surface area contributed by atoms with E-state index in [2.05, 4.69) is 0 Å². The number of nitro benzene ring substituents is 1. The van der Waals surface area contributed by atoms with Crippen molar-refractivity contribution in [3.8, 4) is 0 Å². The van der Waals surface area contributed by atoms with Crippen molar-refractivity contribution in [2.75, 3.05) is 12.8 Å². The van der Waals surface area contributed by atoms with Gasteiger partial charge in [-0.2, -0.15) is 0 Å². The average molecular weight is 302 g/mol. The van der Waals surface area contributed by atoms with Crippen molar-refractivity contribution >= 4 is 21.7 Å². The normalized spacial score (nSPS) is 11.5. The van der Waals surface area contributed by atoms with Crippen LogP contribution < -0.4 is 0 Å². The predicted octanol–water partition coefficient (Wildman–Crippen LogP) is 0.831. The molecule has 1 aromatic rings. The first-order chi connectivity index (χ1) is 9.22. The maximum Gasteiger partial charge on any atom is 0.304 e. The molecule has 0 aliphatic heterocycles. The molecular formula is C11H14N2O6S. The number of nitrogens with zero attached hydrogens (tertiary/aromatic N) is 2. The molecule has 0 aliphatic carbocycles. The van der Waals surface area contributed by atoms with Crippen LogP contribution in [0.5, 0.6) is 0 Å². The molecule has 0 unspecified atom stereocenters. The number of carboxylic acid groups (broad SMARTS) is 1. The Hall–Kier alpha value is -2.00. The van der Waals surface area contributed by atoms with Crippen LogP contribution in [0.25, 0.3) is 0 Å². The van der Waals surface area contributed by atoms with Crippen molar-refractivity contribution in [1.29, 1.82) is 0 Å². The molecule has 0 spiro atoms. The van der Waals surface area contributed by atoms with Crippen LogP contribution in [-0.4, -0.2) is 41.5 Å². The van der Waals surface area contributed by atoms with E-state index in [9.17, 15) is 23.3 Å². The van der Waals surface area contributed by atoms with Crippen molar-refractivity contribution in [2.24, 2.45) is 0 Å². The summed E-state index contributed by atoms with van der Waals surface area (Å²) in [4.78, 5) is 20.4. The van der Waals surface area contributed by atoms with Crippen LogP contribution >= 0.6 is 0 Å². The lowest BCUT2D eigenvalue weighted by Crippen LogP contribution is -2.29. The number of hydrogen-bond donors (Lipinski definition) is 1. The molecule has 20 heavy (non-hydrogen) atoms. The Morgan fingerprint density at radius 1 is 1.45 bits per heavy atom. The van der Waals surface area contributed by atoms with E-state index in [0.717, 1.165) is 4.31 Å². The monoisotopic (exact) mass is 302 g/mol. The van der Waals surface area contributed by atoms with Crippen LogP contribution in [0.2, 0.25) is 0 Å². The summed E-state index contributed by atoms with van der Waals surface area (Å²) < 4.78 is 24.6. The summed E-state index contributed by atoms with van der Waals surface area (Å²) in [5.74, 6) is -1.70. The fourth-order valence-electron chi connectivity index (χ4n) is 1.50. The van der Waals surface area contributed by atoms with Crippen molar-refractivity contribution in [3.05, 3.63) is 39.9 Å². The van der Waals surface area contributed by atoms with Gasteiger partial charge in [-0.3, -0.25) is 14.9 Å². The van der Waals surface area contributed by atoms with Crippen molar-refractivity contribution in [1.82, 2.24) is 4.31 Å². The maximum atomic E-state index is 11.8. The van der Waals surface area contributed by atoms with Gasteiger partial charge in [0.25, 0.3) is 5.69 Å². The van der Waals surface area contributed by atoms with Crippen LogP contribution in [0.4, 0.5) is 5.69 Å². The predicted molar refractivity (Wildman–Crippen MR) is 70.6 cm³/mol. The van der Waals surface area contributed by atoms with Crippen LogP contribution in [0, 0.1) is 10.1 Å². The number of carboxylic acids is 1. The van der Waals surface area contributed by atoms with Crippen LogP contribution in [0.15, 0.2) is 24.3 Å². The standard InChI is InChI=1S/C11H14N2O6S/c1-12(20(18,19)6-5-11(14)15)8-9-3-2-4-10(7-9)13(16)17/h2-4,7H,5-6,8H2,1H3,(H,14,15). The van der Waals surface area contributed by atoms with Crippen molar-refractivity contribution in [2.45, 2.75) is 13.0 Å². The lowest BCUT2D eigenvalue weighted by molar-refractivity contribution is -0.384. The molecule has 0 aromatic heterocycles. The maximum absolute atomic E-state index is 11.8. The Morgan fingerprint density at radius 2 is 2.10 bits per heavy atom. The zero-order valence-electron chi connectivity index (χ0n) is 10.7. The quantitative estimate of drug-likeness (QED) is 0.588. The van der Waals surface area contributed by atoms with E-state index in [1.54, 1.807) is 6.07 Å². The van der Waals surface area contributed by atoms with Gasteiger partial charge in [-0.1, -0.05) is 12.1 Å². The number of rotatable bonds is 7. The first-order valence-electron chi connectivity index (χ1n) is 5.61. The molecule has 110 valence electrons. The third kappa shape index (κ3) is 4.59. The molecular weight excluding hydrogens is 288 g/mol. The number of aliphatic carboxylic acids is 1. The lowest BCUT2D eigenvalue weighted by Gasteiger charge is -2.16. The molecule has 0 amide bonds. The Labute approximate surface area is 115 Å². The second-order valence-electron chi connectivity index (χ2n) is 4.14. The third-order valence-electron chi connectivity index (χ3n) is 2.58. The summed E-state index contributed by atoms with van der Waals surface area (Å²) in [5.41, 5.74) is 0.333. The number of non-ortho nitro benzene ring substituents is 1. The fourth-order valence-corrected chi connectivity index (χ4v) is 2.59. The minimum absolute atomic E-state index is 0.0520. The van der Waals surface area contributed by atoms with E-state index < -0.39 is 33.1 Å². The van der Waals surface area contributed by atoms with Gasteiger partial charge in [-0.05, 0) is 5.56 Å². The Kier molecular flexibility index (Phi) is 5.17. The molecule has 1 N–H and O–H groups in total. The Bertz CT molecular complexity index is 613. The van der Waals surface area contributed by atoms with Gasteiger partial charge in [-0.15, -0.1) is 0 Å². The van der Waals surface area contributed by atoms with E-state index >= 15 is 0 Å². The molecule has 1 rings (SSSR count). The molecule has 0 saturated heterocycles. The van der Waals surface area contributed by atoms with Gasteiger partial charge >= 0.3 is 5.97 Å². The molecule has 0 radical (unpaired) electrons. The number of hydrogen-bond acceptors (Lipinski definition) is 5. The largest absolute Gasteiger partial charge is 0.481 e. The van der Waals surface area contributed by atoms with Crippen molar-refractivity contribution < 1.29 is 23.2 Å². The SMILES string of the molecule is CN(Cc1cccc([N+](=O)[O-])c1)S(=O)(=O)CCC(=O)O. The average Bonchev–Trinajstić information content (AvgIpc) is 2.36. The van der Waals surface area contributed by atoms with Gasteiger partial charge in [0.15, 0.2) is 0 Å². The van der Waals surface area contributed by atoms with E-state index in [0.29, 0.717) is 5.56 Å². The summed E-state index contributed by atoms with van der Waals surface area (Å²) in [6.07, 6.45) is -0.485. The van der Waals surface area contributed by atoms with E-state index in [-0.39, 0.29) is 12.2 Å². The molecule has 1 aromatic carbocycles. The van der Waals surface area contributed by atoms with Crippen LogP contribution in [-0.2, 0) is 21.4 Å². The topological polar surface area (TPSA) is 118 Å². The van der Waals surface area contributed by atoms with Crippen molar-refractivity contribution in [3.63, 3.8) is 0 Å². The number of nitro groups is 1. The Balaban J connectivity index is 2.79. The highest BCUT2D eigenvalue weighted by Crippen LogP contribution is 2.15. The van der Waals surface area contributed by atoms with Crippen LogP contribution in [0.1, 0.15) is 12.0 Å². The minimum atomic E-state index is -3.70. The summed E-state index contributed by atoms with van der Waals surface area (Å²) in [7, 11) is -2.40. The fraction of sp³-hybridized carbons (Fsp3) is 0.364. The second kappa shape index (κ2) is 6.44. The minimum Gasteiger partial charge on any atom is -0.481 e. The number of carbonyl (C=O) groups is 1. The number of sulfonamides is 1. The van der Waals surface area contributed by atoms with Gasteiger partial charge in [0.2, 0.25) is 10.0 Å².